The molecule has 2 heterocycles. The van der Waals surface area contributed by atoms with Crippen molar-refractivity contribution in [1.29, 1.82) is 0 Å². The lowest BCUT2D eigenvalue weighted by Gasteiger charge is -2.08. The topological polar surface area (TPSA) is 96.5 Å². The molecule has 1 unspecified atom stereocenters. The van der Waals surface area contributed by atoms with Crippen LogP contribution in [0.15, 0.2) is 47.9 Å². The van der Waals surface area contributed by atoms with E-state index in [2.05, 4.69) is 30.5 Å². The van der Waals surface area contributed by atoms with E-state index < -0.39 is 0 Å². The van der Waals surface area contributed by atoms with Gasteiger partial charge in [0.25, 0.3) is 0 Å². The molecule has 1 atom stereocenters. The van der Waals surface area contributed by atoms with Gasteiger partial charge in [-0.1, -0.05) is 41.6 Å². The monoisotopic (exact) mass is 340 g/mol. The van der Waals surface area contributed by atoms with E-state index in [1.807, 2.05) is 31.2 Å². The number of carbonyl (C=O) groups is 1. The smallest absolute Gasteiger partial charge is 0.240 e. The lowest BCUT2D eigenvalue weighted by atomic mass is 10.1. The number of thioether (sulfide) groups is 1. The van der Waals surface area contributed by atoms with E-state index in [-0.39, 0.29) is 17.1 Å². The largest absolute Gasteiger partial charge is 0.294 e. The first kappa shape index (κ1) is 16.1. The van der Waals surface area contributed by atoms with Crippen molar-refractivity contribution < 1.29 is 4.79 Å². The predicted octanol–water partition coefficient (Wildman–Crippen LogP) is 2.69. The summed E-state index contributed by atoms with van der Waals surface area (Å²) in [6.45, 7) is 3.81. The highest BCUT2D eigenvalue weighted by Crippen LogP contribution is 2.23. The van der Waals surface area contributed by atoms with Crippen molar-refractivity contribution in [3.8, 4) is 11.4 Å². The maximum Gasteiger partial charge on any atom is 0.240 e. The zero-order valence-corrected chi connectivity index (χ0v) is 14.0. The van der Waals surface area contributed by atoms with Crippen molar-refractivity contribution >= 4 is 23.6 Å². The van der Waals surface area contributed by atoms with Crippen molar-refractivity contribution in [3.63, 3.8) is 0 Å². The van der Waals surface area contributed by atoms with Gasteiger partial charge >= 0.3 is 0 Å². The van der Waals surface area contributed by atoms with Crippen molar-refractivity contribution in [2.45, 2.75) is 24.3 Å². The molecule has 1 amide bonds. The number of aromatic nitrogens is 5. The van der Waals surface area contributed by atoms with Gasteiger partial charge < -0.3 is 0 Å². The zero-order chi connectivity index (χ0) is 16.9. The first-order valence-electron chi connectivity index (χ1n) is 7.36. The number of H-pyrrole nitrogens is 1. The quantitative estimate of drug-likeness (QED) is 0.693. The molecule has 1 aromatic carbocycles. The SMILES string of the molecule is Cc1ccc(-c2nc(SC(C)C(=O)Nc3ncccn3)n[nH]2)cc1. The molecule has 0 aliphatic heterocycles. The molecule has 0 spiro atoms. The van der Waals surface area contributed by atoms with E-state index in [0.29, 0.717) is 11.0 Å². The fourth-order valence-corrected chi connectivity index (χ4v) is 2.65. The number of carbonyl (C=O) groups excluding carboxylic acids is 1. The molecule has 0 saturated heterocycles. The minimum atomic E-state index is -0.379. The molecule has 0 aliphatic rings. The van der Waals surface area contributed by atoms with Crippen LogP contribution in [0.5, 0.6) is 0 Å². The lowest BCUT2D eigenvalue weighted by Crippen LogP contribution is -2.23. The van der Waals surface area contributed by atoms with Gasteiger partial charge in [-0.05, 0) is 19.9 Å². The summed E-state index contributed by atoms with van der Waals surface area (Å²) in [7, 11) is 0. The third kappa shape index (κ3) is 3.96. The summed E-state index contributed by atoms with van der Waals surface area (Å²) in [6, 6.07) is 9.68. The molecule has 0 saturated carbocycles. The van der Waals surface area contributed by atoms with Gasteiger partial charge in [0.1, 0.15) is 0 Å². The van der Waals surface area contributed by atoms with Crippen molar-refractivity contribution in [2.75, 3.05) is 5.32 Å². The van der Waals surface area contributed by atoms with Gasteiger partial charge in [-0.15, -0.1) is 5.10 Å². The molecule has 7 nitrogen and oxygen atoms in total. The molecule has 8 heteroatoms. The average molecular weight is 340 g/mol. The fraction of sp³-hybridized carbons (Fsp3) is 0.188. The van der Waals surface area contributed by atoms with Gasteiger partial charge in [-0.2, -0.15) is 0 Å². The summed E-state index contributed by atoms with van der Waals surface area (Å²) < 4.78 is 0. The summed E-state index contributed by atoms with van der Waals surface area (Å²) in [6.07, 6.45) is 3.15. The molecule has 0 bridgehead atoms. The predicted molar refractivity (Wildman–Crippen MR) is 92.5 cm³/mol. The maximum atomic E-state index is 12.2. The number of aromatic amines is 1. The van der Waals surface area contributed by atoms with Crippen LogP contribution in [-0.2, 0) is 4.79 Å². The van der Waals surface area contributed by atoms with Gasteiger partial charge in [0.15, 0.2) is 5.82 Å². The molecule has 24 heavy (non-hydrogen) atoms. The number of hydrogen-bond donors (Lipinski definition) is 2. The van der Waals surface area contributed by atoms with Gasteiger partial charge in [0.2, 0.25) is 17.0 Å². The summed E-state index contributed by atoms with van der Waals surface area (Å²) >= 11 is 1.27. The highest BCUT2D eigenvalue weighted by atomic mass is 32.2. The number of anilines is 1. The maximum absolute atomic E-state index is 12.2. The van der Waals surface area contributed by atoms with E-state index in [9.17, 15) is 4.79 Å². The number of amides is 1. The standard InChI is InChI=1S/C16H16N6OS/c1-10-4-6-12(7-5-10)13-19-16(22-21-13)24-11(2)14(23)20-15-17-8-3-9-18-15/h3-9,11H,1-2H3,(H,19,21,22)(H,17,18,20,23). The van der Waals surface area contributed by atoms with Crippen LogP contribution >= 0.6 is 11.8 Å². The molecule has 0 radical (unpaired) electrons. The van der Waals surface area contributed by atoms with Gasteiger partial charge in [-0.25, -0.2) is 15.0 Å². The zero-order valence-electron chi connectivity index (χ0n) is 13.2. The Bertz CT molecular complexity index is 818. The van der Waals surface area contributed by atoms with Crippen LogP contribution < -0.4 is 5.32 Å². The van der Waals surface area contributed by atoms with Crippen LogP contribution in [0.25, 0.3) is 11.4 Å². The van der Waals surface area contributed by atoms with E-state index in [0.717, 1.165) is 5.56 Å². The first-order valence-corrected chi connectivity index (χ1v) is 8.24. The lowest BCUT2D eigenvalue weighted by molar-refractivity contribution is -0.115. The average Bonchev–Trinajstić information content (AvgIpc) is 3.05. The first-order chi connectivity index (χ1) is 11.6. The molecule has 0 aliphatic carbocycles. The molecule has 2 aromatic heterocycles. The van der Waals surface area contributed by atoms with Crippen LogP contribution in [0.3, 0.4) is 0 Å². The minimum Gasteiger partial charge on any atom is -0.294 e. The van der Waals surface area contributed by atoms with Crippen LogP contribution in [0, 0.1) is 6.92 Å². The normalized spacial score (nSPS) is 11.9. The molecule has 3 rings (SSSR count). The second kappa shape index (κ2) is 7.22. The Labute approximate surface area is 143 Å². The Kier molecular flexibility index (Phi) is 4.85. The van der Waals surface area contributed by atoms with Gasteiger partial charge in [-0.3, -0.25) is 15.2 Å². The Hall–Kier alpha value is -2.74. The van der Waals surface area contributed by atoms with E-state index >= 15 is 0 Å². The molecular formula is C16H16N6OS. The second-order valence-electron chi connectivity index (χ2n) is 5.15. The highest BCUT2D eigenvalue weighted by molar-refractivity contribution is 8.00. The number of hydrogen-bond acceptors (Lipinski definition) is 6. The Morgan fingerprint density at radius 1 is 1.21 bits per heavy atom. The van der Waals surface area contributed by atoms with Gasteiger partial charge in [0.05, 0.1) is 5.25 Å². The number of benzene rings is 1. The van der Waals surface area contributed by atoms with E-state index in [1.54, 1.807) is 25.4 Å². The third-order valence-electron chi connectivity index (χ3n) is 3.24. The highest BCUT2D eigenvalue weighted by Gasteiger charge is 2.18. The second-order valence-corrected chi connectivity index (χ2v) is 6.46. The summed E-state index contributed by atoms with van der Waals surface area (Å²) in [5, 5.41) is 9.85. The summed E-state index contributed by atoms with van der Waals surface area (Å²) in [5.74, 6) is 0.759. The van der Waals surface area contributed by atoms with Crippen LogP contribution in [0.4, 0.5) is 5.95 Å². The Morgan fingerprint density at radius 3 is 2.62 bits per heavy atom. The van der Waals surface area contributed by atoms with Crippen LogP contribution in [-0.4, -0.2) is 36.3 Å². The number of aryl methyl sites for hydroxylation is 1. The van der Waals surface area contributed by atoms with E-state index in [4.69, 9.17) is 0 Å². The molecule has 0 fully saturated rings. The number of nitrogens with one attached hydrogen (secondary N) is 2. The van der Waals surface area contributed by atoms with Gasteiger partial charge in [0, 0.05) is 18.0 Å². The van der Waals surface area contributed by atoms with E-state index in [1.165, 1.54) is 17.3 Å². The molecular weight excluding hydrogens is 324 g/mol. The molecule has 122 valence electrons. The van der Waals surface area contributed by atoms with Crippen molar-refractivity contribution in [2.24, 2.45) is 0 Å². The number of nitrogens with zero attached hydrogens (tertiary/aromatic N) is 4. The van der Waals surface area contributed by atoms with Crippen LogP contribution in [0.2, 0.25) is 0 Å². The minimum absolute atomic E-state index is 0.201. The van der Waals surface area contributed by atoms with Crippen molar-refractivity contribution in [3.05, 3.63) is 48.3 Å². The Morgan fingerprint density at radius 2 is 1.92 bits per heavy atom. The summed E-state index contributed by atoms with van der Waals surface area (Å²) in [5.41, 5.74) is 2.14. The van der Waals surface area contributed by atoms with Crippen molar-refractivity contribution in [1.82, 2.24) is 25.1 Å². The fourth-order valence-electron chi connectivity index (χ4n) is 1.93. The molecule has 3 aromatic rings. The Balaban J connectivity index is 1.63. The molecule has 2 N–H and O–H groups in total. The summed E-state index contributed by atoms with van der Waals surface area (Å²) in [4.78, 5) is 24.5. The van der Waals surface area contributed by atoms with Crippen LogP contribution in [0.1, 0.15) is 12.5 Å². The third-order valence-corrected chi connectivity index (χ3v) is 4.20. The number of rotatable bonds is 5.